The van der Waals surface area contributed by atoms with E-state index in [0.29, 0.717) is 0 Å². The fourth-order valence-electron chi connectivity index (χ4n) is 0.707. The Labute approximate surface area is 81.9 Å². The average Bonchev–Trinajstić information content (AvgIpc) is 1.98. The van der Waals surface area contributed by atoms with Crippen LogP contribution in [0.4, 0.5) is 0 Å². The molecule has 0 spiro atoms. The molecule has 0 aromatic heterocycles. The lowest BCUT2D eigenvalue weighted by molar-refractivity contribution is -0.155. The maximum Gasteiger partial charge on any atom is 0.330 e. The number of amides is 1. The highest BCUT2D eigenvalue weighted by molar-refractivity contribution is 5.81. The lowest BCUT2D eigenvalue weighted by Gasteiger charge is -2.18. The Balaban J connectivity index is 3.86. The normalized spacial score (nSPS) is 10.2. The van der Waals surface area contributed by atoms with Crippen LogP contribution in [0.3, 0.4) is 0 Å². The maximum absolute atomic E-state index is 11.1. The summed E-state index contributed by atoms with van der Waals surface area (Å²) in [6, 6.07) is 0. The standard InChI is InChI=1S/C8H14N3O3/c1-8(2,3)14-7(13)5-4-6(12)10-11-9/h9H,4-5H2,1-3H3/q+1. The van der Waals surface area contributed by atoms with Crippen molar-refractivity contribution in [1.29, 1.82) is 5.53 Å². The Kier molecular flexibility index (Phi) is 4.66. The number of hydrogen-bond donors (Lipinski definition) is 1. The van der Waals surface area contributed by atoms with Crippen LogP contribution < -0.4 is 4.91 Å². The van der Waals surface area contributed by atoms with E-state index in [9.17, 15) is 9.59 Å². The van der Waals surface area contributed by atoms with Crippen LogP contribution in [0, 0.1) is 5.53 Å². The van der Waals surface area contributed by atoms with Gasteiger partial charge in [0, 0.05) is 6.42 Å². The minimum Gasteiger partial charge on any atom is -0.460 e. The highest BCUT2D eigenvalue weighted by Crippen LogP contribution is 2.09. The van der Waals surface area contributed by atoms with Gasteiger partial charge in [-0.1, -0.05) is 0 Å². The van der Waals surface area contributed by atoms with Crippen LogP contribution in [-0.4, -0.2) is 17.5 Å². The Morgan fingerprint density at radius 3 is 2.36 bits per heavy atom. The second kappa shape index (κ2) is 5.24. The van der Waals surface area contributed by atoms with Crippen molar-refractivity contribution in [2.24, 2.45) is 5.11 Å². The third-order valence-corrected chi connectivity index (χ3v) is 1.12. The van der Waals surface area contributed by atoms with Gasteiger partial charge in [0.15, 0.2) is 5.11 Å². The van der Waals surface area contributed by atoms with E-state index in [-0.39, 0.29) is 12.8 Å². The van der Waals surface area contributed by atoms with Gasteiger partial charge < -0.3 is 4.74 Å². The third kappa shape index (κ3) is 7.12. The number of nitrogens with zero attached hydrogens (tertiary/aromatic N) is 2. The van der Waals surface area contributed by atoms with Crippen LogP contribution in [-0.2, 0) is 14.3 Å². The first-order valence-corrected chi connectivity index (χ1v) is 4.17. The summed E-state index contributed by atoms with van der Waals surface area (Å²) in [5.41, 5.74) is 5.74. The number of ether oxygens (including phenoxy) is 1. The SMILES string of the molecule is CC(C)(C)OC(=O)CCC(=O)N=[N+]=N. The van der Waals surface area contributed by atoms with E-state index in [2.05, 4.69) is 10.0 Å². The minimum absolute atomic E-state index is 0.0326. The van der Waals surface area contributed by atoms with Gasteiger partial charge in [-0.15, -0.1) is 0 Å². The van der Waals surface area contributed by atoms with Crippen LogP contribution in [0.25, 0.3) is 0 Å². The largest absolute Gasteiger partial charge is 0.460 e. The average molecular weight is 200 g/mol. The highest BCUT2D eigenvalue weighted by atomic mass is 16.6. The van der Waals surface area contributed by atoms with Crippen LogP contribution in [0.5, 0.6) is 0 Å². The molecule has 0 rings (SSSR count). The van der Waals surface area contributed by atoms with E-state index in [0.717, 1.165) is 0 Å². The third-order valence-electron chi connectivity index (χ3n) is 1.12. The zero-order chi connectivity index (χ0) is 11.2. The number of carbonyl (C=O) groups is 2. The second-order valence-corrected chi connectivity index (χ2v) is 3.68. The molecule has 0 radical (unpaired) electrons. The predicted octanol–water partition coefficient (Wildman–Crippen LogP) is 1.19. The van der Waals surface area contributed by atoms with Crippen molar-refractivity contribution in [3.63, 3.8) is 0 Å². The second-order valence-electron chi connectivity index (χ2n) is 3.68. The molecular formula is C8H14N3O3+. The number of hydrogen-bond acceptors (Lipinski definition) is 4. The van der Waals surface area contributed by atoms with Crippen molar-refractivity contribution >= 4 is 11.9 Å². The predicted molar refractivity (Wildman–Crippen MR) is 47.4 cm³/mol. The van der Waals surface area contributed by atoms with Gasteiger partial charge in [-0.25, -0.2) is 0 Å². The van der Waals surface area contributed by atoms with Crippen molar-refractivity contribution in [2.45, 2.75) is 39.2 Å². The number of carbonyl (C=O) groups excluding carboxylic acids is 2. The van der Waals surface area contributed by atoms with Gasteiger partial charge in [0.05, 0.1) is 6.42 Å². The van der Waals surface area contributed by atoms with Crippen LogP contribution in [0.2, 0.25) is 0 Å². The summed E-state index contributed by atoms with van der Waals surface area (Å²) in [4.78, 5) is 24.4. The summed E-state index contributed by atoms with van der Waals surface area (Å²) in [6.07, 6.45) is -0.105. The molecule has 0 aliphatic carbocycles. The lowest BCUT2D eigenvalue weighted by atomic mass is 10.2. The van der Waals surface area contributed by atoms with E-state index in [4.69, 9.17) is 10.3 Å². The fourth-order valence-corrected chi connectivity index (χ4v) is 0.707. The summed E-state index contributed by atoms with van der Waals surface area (Å²) in [7, 11) is 0. The molecule has 0 fully saturated rings. The van der Waals surface area contributed by atoms with Crippen molar-refractivity contribution in [2.75, 3.05) is 0 Å². The molecule has 0 aliphatic rings. The summed E-state index contributed by atoms with van der Waals surface area (Å²) >= 11 is 0. The van der Waals surface area contributed by atoms with Gasteiger partial charge in [-0.3, -0.25) is 9.59 Å². The zero-order valence-corrected chi connectivity index (χ0v) is 8.53. The molecular weight excluding hydrogens is 186 g/mol. The first kappa shape index (κ1) is 12.4. The summed E-state index contributed by atoms with van der Waals surface area (Å²) in [5, 5.41) is 2.94. The summed E-state index contributed by atoms with van der Waals surface area (Å²) in [6.45, 7) is 5.24. The minimum atomic E-state index is -0.592. The molecule has 0 unspecified atom stereocenters. The van der Waals surface area contributed by atoms with E-state index >= 15 is 0 Å². The van der Waals surface area contributed by atoms with Crippen LogP contribution >= 0.6 is 0 Å². The summed E-state index contributed by atoms with van der Waals surface area (Å²) in [5.74, 6) is -1.04. The molecule has 1 amide bonds. The fraction of sp³-hybridized carbons (Fsp3) is 0.750. The molecule has 0 heterocycles. The zero-order valence-electron chi connectivity index (χ0n) is 8.53. The molecule has 0 aromatic rings. The molecule has 0 bridgehead atoms. The Morgan fingerprint density at radius 1 is 1.36 bits per heavy atom. The van der Waals surface area contributed by atoms with E-state index in [1.165, 1.54) is 0 Å². The topological polar surface area (TPSA) is 93.7 Å². The molecule has 14 heavy (non-hydrogen) atoms. The van der Waals surface area contributed by atoms with Crippen molar-refractivity contribution in [3.05, 3.63) is 0 Å². The quantitative estimate of drug-likeness (QED) is 0.421. The van der Waals surface area contributed by atoms with Crippen molar-refractivity contribution in [1.82, 2.24) is 4.91 Å². The first-order valence-electron chi connectivity index (χ1n) is 4.17. The maximum atomic E-state index is 11.1. The van der Waals surface area contributed by atoms with E-state index < -0.39 is 17.5 Å². The van der Waals surface area contributed by atoms with Crippen molar-refractivity contribution < 1.29 is 14.3 Å². The van der Waals surface area contributed by atoms with Gasteiger partial charge in [-0.05, 0) is 20.8 Å². The number of nitrogens with one attached hydrogen (secondary N) is 1. The van der Waals surface area contributed by atoms with Gasteiger partial charge in [0.2, 0.25) is 4.91 Å². The smallest absolute Gasteiger partial charge is 0.330 e. The Hall–Kier alpha value is -1.55. The van der Waals surface area contributed by atoms with Gasteiger partial charge in [-0.2, -0.15) is 0 Å². The Bertz CT molecular complexity index is 274. The van der Waals surface area contributed by atoms with Gasteiger partial charge in [0.1, 0.15) is 11.1 Å². The van der Waals surface area contributed by atoms with Gasteiger partial charge in [0.25, 0.3) is 0 Å². The molecule has 0 aromatic carbocycles. The molecule has 0 saturated heterocycles. The Morgan fingerprint density at radius 2 is 1.93 bits per heavy atom. The first-order chi connectivity index (χ1) is 6.35. The molecule has 78 valence electrons. The highest BCUT2D eigenvalue weighted by Gasteiger charge is 2.17. The molecule has 0 aliphatic heterocycles. The number of rotatable bonds is 3. The van der Waals surface area contributed by atoms with E-state index in [1.807, 2.05) is 0 Å². The van der Waals surface area contributed by atoms with Crippen LogP contribution in [0.15, 0.2) is 5.11 Å². The lowest BCUT2D eigenvalue weighted by Crippen LogP contribution is -2.24. The van der Waals surface area contributed by atoms with Crippen LogP contribution in [0.1, 0.15) is 33.6 Å². The molecule has 6 heteroatoms. The van der Waals surface area contributed by atoms with Crippen molar-refractivity contribution in [3.8, 4) is 0 Å². The van der Waals surface area contributed by atoms with Gasteiger partial charge >= 0.3 is 11.9 Å². The summed E-state index contributed by atoms with van der Waals surface area (Å²) < 4.78 is 4.96. The van der Waals surface area contributed by atoms with E-state index in [1.54, 1.807) is 20.8 Å². The molecule has 1 N–H and O–H groups in total. The molecule has 6 nitrogen and oxygen atoms in total. The molecule has 0 saturated carbocycles. The monoisotopic (exact) mass is 200 g/mol. The molecule has 0 atom stereocenters. The number of esters is 1.